The van der Waals surface area contributed by atoms with Crippen molar-refractivity contribution in [3.05, 3.63) is 35.9 Å². The molecule has 0 aromatic heterocycles. The summed E-state index contributed by atoms with van der Waals surface area (Å²) < 4.78 is 0. The highest BCUT2D eigenvalue weighted by Gasteiger charge is 2.28. The van der Waals surface area contributed by atoms with E-state index in [1.807, 2.05) is 30.3 Å². The summed E-state index contributed by atoms with van der Waals surface area (Å²) in [5, 5.41) is 8.48. The summed E-state index contributed by atoms with van der Waals surface area (Å²) >= 11 is 0. The third kappa shape index (κ3) is 5.95. The highest BCUT2D eigenvalue weighted by molar-refractivity contribution is 5.81. The molecule has 0 radical (unpaired) electrons. The van der Waals surface area contributed by atoms with E-state index in [0.29, 0.717) is 31.7 Å². The number of amides is 1. The van der Waals surface area contributed by atoms with Crippen molar-refractivity contribution < 1.29 is 14.8 Å². The smallest absolute Gasteiger partial charge is 0.243 e. The molecule has 0 saturated heterocycles. The zero-order valence-corrected chi connectivity index (χ0v) is 12.8. The number of hydrogen-bond donors (Lipinski definition) is 2. The van der Waals surface area contributed by atoms with Gasteiger partial charge < -0.3 is 0 Å². The monoisotopic (exact) mass is 304 g/mol. The summed E-state index contributed by atoms with van der Waals surface area (Å²) in [6, 6.07) is 10.4. The van der Waals surface area contributed by atoms with Crippen LogP contribution in [-0.4, -0.2) is 40.9 Å². The summed E-state index contributed by atoms with van der Waals surface area (Å²) in [5.41, 5.74) is 2.71. The van der Waals surface area contributed by atoms with Gasteiger partial charge >= 0.3 is 0 Å². The van der Waals surface area contributed by atoms with Gasteiger partial charge in [0.15, 0.2) is 0 Å². The first-order chi connectivity index (χ1) is 10.7. The predicted molar refractivity (Wildman–Crippen MR) is 83.5 cm³/mol. The van der Waals surface area contributed by atoms with Gasteiger partial charge in [-0.15, -0.1) is 0 Å². The number of ketones is 1. The van der Waals surface area contributed by atoms with Crippen LogP contribution in [0.15, 0.2) is 30.3 Å². The molecular formula is C17H24N2O3. The molecule has 0 unspecified atom stereocenters. The average molecular weight is 304 g/mol. The Balaban J connectivity index is 1.70. The number of rotatable bonds is 10. The number of carbonyl (C=O) groups is 2. The molecule has 1 amide bonds. The molecule has 0 aliphatic heterocycles. The highest BCUT2D eigenvalue weighted by atomic mass is 16.5. The van der Waals surface area contributed by atoms with Gasteiger partial charge in [0, 0.05) is 31.8 Å². The third-order valence-electron chi connectivity index (χ3n) is 3.96. The number of carbonyl (C=O) groups excluding carboxylic acids is 2. The molecule has 0 atom stereocenters. The molecule has 1 aromatic carbocycles. The lowest BCUT2D eigenvalue weighted by Crippen LogP contribution is -2.31. The molecule has 1 fully saturated rings. The van der Waals surface area contributed by atoms with Gasteiger partial charge in [0.2, 0.25) is 5.91 Å². The van der Waals surface area contributed by atoms with Crippen LogP contribution >= 0.6 is 0 Å². The predicted octanol–water partition coefficient (Wildman–Crippen LogP) is 1.94. The fourth-order valence-electron chi connectivity index (χ4n) is 2.60. The maximum atomic E-state index is 12.1. The van der Waals surface area contributed by atoms with Crippen molar-refractivity contribution in [3.63, 3.8) is 0 Å². The molecule has 0 bridgehead atoms. The van der Waals surface area contributed by atoms with E-state index >= 15 is 0 Å². The Morgan fingerprint density at radius 3 is 2.50 bits per heavy atom. The zero-order valence-electron chi connectivity index (χ0n) is 12.8. The summed E-state index contributed by atoms with van der Waals surface area (Å²) in [5.74, 6) is -0.0964. The second-order valence-electron chi connectivity index (χ2n) is 5.86. The van der Waals surface area contributed by atoms with Gasteiger partial charge in [-0.05, 0) is 31.4 Å². The van der Waals surface area contributed by atoms with Gasteiger partial charge in [-0.2, -0.15) is 0 Å². The zero-order chi connectivity index (χ0) is 15.8. The van der Waals surface area contributed by atoms with Crippen molar-refractivity contribution >= 4 is 11.7 Å². The van der Waals surface area contributed by atoms with Crippen LogP contribution in [0.4, 0.5) is 0 Å². The first kappa shape index (κ1) is 16.6. The van der Waals surface area contributed by atoms with Crippen LogP contribution in [0.2, 0.25) is 0 Å². The average Bonchev–Trinajstić information content (AvgIpc) is 3.36. The molecule has 1 aliphatic carbocycles. The molecule has 2 rings (SSSR count). The first-order valence-corrected chi connectivity index (χ1v) is 7.91. The van der Waals surface area contributed by atoms with Gasteiger partial charge in [0.1, 0.15) is 5.78 Å². The van der Waals surface area contributed by atoms with Crippen LogP contribution in [0, 0.1) is 0 Å². The summed E-state index contributed by atoms with van der Waals surface area (Å²) in [6.45, 7) is 1.56. The molecule has 5 nitrogen and oxygen atoms in total. The normalized spacial score (nSPS) is 14.1. The number of hydroxylamine groups is 1. The van der Waals surface area contributed by atoms with Crippen LogP contribution in [0.3, 0.4) is 0 Å². The largest absolute Gasteiger partial charge is 0.300 e. The van der Waals surface area contributed by atoms with Crippen molar-refractivity contribution in [1.82, 2.24) is 10.4 Å². The summed E-state index contributed by atoms with van der Waals surface area (Å²) in [7, 11) is 0. The van der Waals surface area contributed by atoms with E-state index in [0.717, 1.165) is 18.7 Å². The third-order valence-corrected chi connectivity index (χ3v) is 3.96. The Morgan fingerprint density at radius 1 is 1.14 bits per heavy atom. The van der Waals surface area contributed by atoms with E-state index in [-0.39, 0.29) is 11.7 Å². The van der Waals surface area contributed by atoms with Gasteiger partial charge in [-0.25, -0.2) is 5.48 Å². The minimum Gasteiger partial charge on any atom is -0.300 e. The van der Waals surface area contributed by atoms with E-state index in [1.54, 1.807) is 5.48 Å². The molecule has 22 heavy (non-hydrogen) atoms. The van der Waals surface area contributed by atoms with E-state index in [1.165, 1.54) is 12.8 Å². The Labute approximate surface area is 131 Å². The van der Waals surface area contributed by atoms with Crippen molar-refractivity contribution in [2.45, 2.75) is 44.6 Å². The lowest BCUT2D eigenvalue weighted by atomic mass is 10.1. The maximum Gasteiger partial charge on any atom is 0.243 e. The molecule has 1 aliphatic rings. The van der Waals surface area contributed by atoms with Gasteiger partial charge in [-0.3, -0.25) is 19.7 Å². The Morgan fingerprint density at radius 2 is 1.86 bits per heavy atom. The fraction of sp³-hybridized carbons (Fsp3) is 0.529. The topological polar surface area (TPSA) is 69.6 Å². The van der Waals surface area contributed by atoms with Crippen molar-refractivity contribution in [1.29, 1.82) is 0 Å². The number of nitrogens with zero attached hydrogens (tertiary/aromatic N) is 1. The standard InChI is InChI=1S/C17H24N2O3/c20-16(13-14-5-2-1-3-6-14)10-12-19(15-8-9-15)11-4-7-17(21)18-22/h1-3,5-6,15,22H,4,7-13H2,(H,18,21). The molecule has 2 N–H and O–H groups in total. The lowest BCUT2D eigenvalue weighted by molar-refractivity contribution is -0.129. The minimum absolute atomic E-state index is 0.255. The Hall–Kier alpha value is -1.72. The molecular weight excluding hydrogens is 280 g/mol. The summed E-state index contributed by atoms with van der Waals surface area (Å²) in [4.78, 5) is 25.4. The van der Waals surface area contributed by atoms with E-state index in [4.69, 9.17) is 5.21 Å². The molecule has 0 heterocycles. The Kier molecular flexibility index (Phi) is 6.55. The second-order valence-corrected chi connectivity index (χ2v) is 5.86. The van der Waals surface area contributed by atoms with E-state index in [2.05, 4.69) is 4.90 Å². The van der Waals surface area contributed by atoms with E-state index in [9.17, 15) is 9.59 Å². The molecule has 0 spiro atoms. The molecule has 5 heteroatoms. The number of benzene rings is 1. The van der Waals surface area contributed by atoms with Crippen LogP contribution in [0.1, 0.15) is 37.7 Å². The summed E-state index contributed by atoms with van der Waals surface area (Å²) in [6.07, 6.45) is 4.43. The fourth-order valence-corrected chi connectivity index (χ4v) is 2.60. The minimum atomic E-state index is -0.351. The molecule has 120 valence electrons. The highest BCUT2D eigenvalue weighted by Crippen LogP contribution is 2.27. The number of nitrogens with one attached hydrogen (secondary N) is 1. The van der Waals surface area contributed by atoms with Crippen molar-refractivity contribution in [2.75, 3.05) is 13.1 Å². The van der Waals surface area contributed by atoms with Gasteiger partial charge in [0.05, 0.1) is 0 Å². The van der Waals surface area contributed by atoms with Crippen LogP contribution in [-0.2, 0) is 16.0 Å². The Bertz CT molecular complexity index is 486. The number of hydrogen-bond acceptors (Lipinski definition) is 4. The van der Waals surface area contributed by atoms with Crippen LogP contribution < -0.4 is 5.48 Å². The van der Waals surface area contributed by atoms with Gasteiger partial charge in [0.25, 0.3) is 0 Å². The van der Waals surface area contributed by atoms with Crippen molar-refractivity contribution in [2.24, 2.45) is 0 Å². The quantitative estimate of drug-likeness (QED) is 0.512. The van der Waals surface area contributed by atoms with E-state index < -0.39 is 0 Å². The lowest BCUT2D eigenvalue weighted by Gasteiger charge is -2.21. The second kappa shape index (κ2) is 8.66. The van der Waals surface area contributed by atoms with Crippen molar-refractivity contribution in [3.8, 4) is 0 Å². The van der Waals surface area contributed by atoms with Gasteiger partial charge in [-0.1, -0.05) is 30.3 Å². The molecule has 1 saturated carbocycles. The SMILES string of the molecule is O=C(CCN(CCCC(=O)NO)C1CC1)Cc1ccccc1. The molecule has 1 aromatic rings. The first-order valence-electron chi connectivity index (χ1n) is 7.91. The van der Waals surface area contributed by atoms with Crippen LogP contribution in [0.25, 0.3) is 0 Å². The van der Waals surface area contributed by atoms with Crippen LogP contribution in [0.5, 0.6) is 0 Å². The maximum absolute atomic E-state index is 12.1. The number of Topliss-reactive ketones (excluding diaryl/α,β-unsaturated/α-hetero) is 1.